The molecule has 1 aliphatic rings. The van der Waals surface area contributed by atoms with Crippen molar-refractivity contribution in [1.29, 1.82) is 0 Å². The van der Waals surface area contributed by atoms with Crippen molar-refractivity contribution in [2.24, 2.45) is 0 Å². The van der Waals surface area contributed by atoms with Gasteiger partial charge in [0.25, 0.3) is 0 Å². The minimum absolute atomic E-state index is 0.151. The second-order valence-electron chi connectivity index (χ2n) is 6.36. The summed E-state index contributed by atoms with van der Waals surface area (Å²) in [7, 11) is 0. The zero-order valence-electron chi connectivity index (χ0n) is 13.1. The van der Waals surface area contributed by atoms with Gasteiger partial charge in [0.2, 0.25) is 0 Å². The molecule has 0 amide bonds. The van der Waals surface area contributed by atoms with Crippen LogP contribution < -0.4 is 0 Å². The molecule has 0 N–H and O–H groups in total. The zero-order chi connectivity index (χ0) is 15.4. The van der Waals surface area contributed by atoms with Crippen molar-refractivity contribution in [2.45, 2.75) is 26.7 Å². The van der Waals surface area contributed by atoms with Crippen molar-refractivity contribution < 1.29 is 4.79 Å². The molecule has 3 aromatic rings. The lowest BCUT2D eigenvalue weighted by Gasteiger charge is -2.18. The lowest BCUT2D eigenvalue weighted by Crippen LogP contribution is -2.11. The molecule has 0 heterocycles. The predicted molar refractivity (Wildman–Crippen MR) is 90.8 cm³/mol. The van der Waals surface area contributed by atoms with Gasteiger partial charge in [0, 0.05) is 5.56 Å². The molecular weight excluding hydrogens is 268 g/mol. The highest BCUT2D eigenvalue weighted by Gasteiger charge is 2.35. The molecule has 0 bridgehead atoms. The molecule has 4 rings (SSSR count). The third-order valence-corrected chi connectivity index (χ3v) is 4.80. The van der Waals surface area contributed by atoms with Gasteiger partial charge in [-0.15, -0.1) is 0 Å². The van der Waals surface area contributed by atoms with E-state index in [4.69, 9.17) is 0 Å². The van der Waals surface area contributed by atoms with Crippen LogP contribution in [0.3, 0.4) is 0 Å². The standard InChI is InChI=1S/C21H18O/c1-12-10-13(2)18(14(3)11-12)20-16-8-4-6-15-7-5-9-17(19(15)16)21(20)22/h4-11,20H,1-3H3. The molecule has 1 nitrogen and oxygen atoms in total. The fourth-order valence-electron chi connectivity index (χ4n) is 4.05. The lowest BCUT2D eigenvalue weighted by molar-refractivity contribution is 0.0981. The molecule has 0 radical (unpaired) electrons. The quantitative estimate of drug-likeness (QED) is 0.608. The molecule has 108 valence electrons. The molecule has 0 fully saturated rings. The first-order chi connectivity index (χ1) is 10.6. The first-order valence-electron chi connectivity index (χ1n) is 7.71. The van der Waals surface area contributed by atoms with Gasteiger partial charge in [0.1, 0.15) is 0 Å². The van der Waals surface area contributed by atoms with Crippen molar-refractivity contribution in [3.05, 3.63) is 81.9 Å². The number of carbonyl (C=O) groups is 1. The largest absolute Gasteiger partial charge is 0.293 e. The van der Waals surface area contributed by atoms with Crippen molar-refractivity contribution in [2.75, 3.05) is 0 Å². The maximum atomic E-state index is 13.1. The first-order valence-corrected chi connectivity index (χ1v) is 7.71. The van der Waals surface area contributed by atoms with Gasteiger partial charge in [-0.2, -0.15) is 0 Å². The number of benzene rings is 3. The highest BCUT2D eigenvalue weighted by Crippen LogP contribution is 2.43. The van der Waals surface area contributed by atoms with Gasteiger partial charge in [0.15, 0.2) is 5.78 Å². The molecule has 1 atom stereocenters. The fourth-order valence-corrected chi connectivity index (χ4v) is 4.05. The van der Waals surface area contributed by atoms with Crippen LogP contribution >= 0.6 is 0 Å². The van der Waals surface area contributed by atoms with E-state index in [1.165, 1.54) is 22.3 Å². The van der Waals surface area contributed by atoms with E-state index < -0.39 is 0 Å². The van der Waals surface area contributed by atoms with Crippen molar-refractivity contribution >= 4 is 16.6 Å². The van der Waals surface area contributed by atoms with Crippen LogP contribution in [0.25, 0.3) is 10.8 Å². The first kappa shape index (κ1) is 13.3. The van der Waals surface area contributed by atoms with E-state index in [0.717, 1.165) is 21.9 Å². The molecular formula is C21H18O. The van der Waals surface area contributed by atoms with Crippen LogP contribution in [-0.4, -0.2) is 5.78 Å². The minimum atomic E-state index is -0.151. The Morgan fingerprint density at radius 2 is 1.50 bits per heavy atom. The molecule has 0 aromatic heterocycles. The Balaban J connectivity index is 2.04. The smallest absolute Gasteiger partial charge is 0.175 e. The summed E-state index contributed by atoms with van der Waals surface area (Å²) in [5.74, 6) is 0.0866. The van der Waals surface area contributed by atoms with E-state index in [-0.39, 0.29) is 11.7 Å². The van der Waals surface area contributed by atoms with Gasteiger partial charge in [-0.05, 0) is 53.8 Å². The maximum Gasteiger partial charge on any atom is 0.175 e. The van der Waals surface area contributed by atoms with Gasteiger partial charge in [-0.25, -0.2) is 0 Å². The SMILES string of the molecule is Cc1cc(C)c(C2C(=O)c3cccc4cccc2c34)c(C)c1. The molecule has 22 heavy (non-hydrogen) atoms. The number of ketones is 1. The van der Waals surface area contributed by atoms with Crippen molar-refractivity contribution in [3.63, 3.8) is 0 Å². The number of hydrogen-bond acceptors (Lipinski definition) is 1. The summed E-state index contributed by atoms with van der Waals surface area (Å²) in [5, 5.41) is 2.30. The summed E-state index contributed by atoms with van der Waals surface area (Å²) < 4.78 is 0. The monoisotopic (exact) mass is 286 g/mol. The van der Waals surface area contributed by atoms with Crippen molar-refractivity contribution in [3.8, 4) is 0 Å². The van der Waals surface area contributed by atoms with Crippen LogP contribution in [0.2, 0.25) is 0 Å². The number of rotatable bonds is 1. The van der Waals surface area contributed by atoms with Crippen LogP contribution in [0.1, 0.15) is 44.1 Å². The lowest BCUT2D eigenvalue weighted by atomic mass is 9.84. The minimum Gasteiger partial charge on any atom is -0.293 e. The fraction of sp³-hybridized carbons (Fsp3) is 0.190. The Labute approximate surface area is 130 Å². The highest BCUT2D eigenvalue weighted by atomic mass is 16.1. The summed E-state index contributed by atoms with van der Waals surface area (Å²) in [6.07, 6.45) is 0. The third-order valence-electron chi connectivity index (χ3n) is 4.80. The number of carbonyl (C=O) groups excluding carboxylic acids is 1. The number of aryl methyl sites for hydroxylation is 3. The van der Waals surface area contributed by atoms with Crippen LogP contribution in [0.15, 0.2) is 48.5 Å². The van der Waals surface area contributed by atoms with Crippen LogP contribution in [0.5, 0.6) is 0 Å². The summed E-state index contributed by atoms with van der Waals surface area (Å²) in [5.41, 5.74) is 6.88. The highest BCUT2D eigenvalue weighted by molar-refractivity contribution is 6.19. The normalized spacial score (nSPS) is 16.5. The van der Waals surface area contributed by atoms with E-state index in [2.05, 4.69) is 57.2 Å². The molecule has 1 aliphatic carbocycles. The van der Waals surface area contributed by atoms with Crippen LogP contribution in [-0.2, 0) is 0 Å². The predicted octanol–water partition coefficient (Wildman–Crippen LogP) is 5.09. The van der Waals surface area contributed by atoms with E-state index in [1.807, 2.05) is 12.1 Å². The molecule has 3 aromatic carbocycles. The van der Waals surface area contributed by atoms with Gasteiger partial charge in [-0.3, -0.25) is 4.79 Å². The summed E-state index contributed by atoms with van der Waals surface area (Å²) in [6, 6.07) is 16.7. The molecule has 0 spiro atoms. The van der Waals surface area contributed by atoms with Gasteiger partial charge in [0.05, 0.1) is 5.92 Å². The van der Waals surface area contributed by atoms with Crippen molar-refractivity contribution in [1.82, 2.24) is 0 Å². The Morgan fingerprint density at radius 1 is 0.864 bits per heavy atom. The Kier molecular flexibility index (Phi) is 2.74. The summed E-state index contributed by atoms with van der Waals surface area (Å²) in [6.45, 7) is 6.34. The number of Topliss-reactive ketones (excluding diaryl/α,β-unsaturated/α-hetero) is 1. The molecule has 0 saturated heterocycles. The van der Waals surface area contributed by atoms with Gasteiger partial charge < -0.3 is 0 Å². The molecule has 0 saturated carbocycles. The molecule has 1 unspecified atom stereocenters. The van der Waals surface area contributed by atoms with Gasteiger partial charge >= 0.3 is 0 Å². The molecule has 1 heteroatoms. The Bertz CT molecular complexity index is 906. The number of hydrogen-bond donors (Lipinski definition) is 0. The third kappa shape index (κ3) is 1.69. The topological polar surface area (TPSA) is 17.1 Å². The second kappa shape index (κ2) is 4.54. The Hall–Kier alpha value is -2.41. The average molecular weight is 286 g/mol. The zero-order valence-corrected chi connectivity index (χ0v) is 13.1. The van der Waals surface area contributed by atoms with Crippen LogP contribution in [0.4, 0.5) is 0 Å². The van der Waals surface area contributed by atoms with E-state index in [1.54, 1.807) is 0 Å². The average Bonchev–Trinajstić information content (AvgIpc) is 2.75. The van der Waals surface area contributed by atoms with E-state index in [9.17, 15) is 4.79 Å². The van der Waals surface area contributed by atoms with E-state index >= 15 is 0 Å². The maximum absolute atomic E-state index is 13.1. The molecule has 0 aliphatic heterocycles. The van der Waals surface area contributed by atoms with Gasteiger partial charge in [-0.1, -0.05) is 54.1 Å². The van der Waals surface area contributed by atoms with Crippen LogP contribution in [0, 0.1) is 20.8 Å². The van der Waals surface area contributed by atoms with E-state index in [0.29, 0.717) is 0 Å². The summed E-state index contributed by atoms with van der Waals surface area (Å²) >= 11 is 0. The summed E-state index contributed by atoms with van der Waals surface area (Å²) in [4.78, 5) is 13.1. The Morgan fingerprint density at radius 3 is 2.18 bits per heavy atom. The second-order valence-corrected chi connectivity index (χ2v) is 6.36.